The minimum atomic E-state index is -0.474. The molecule has 1 amide bonds. The molecule has 9 heteroatoms. The summed E-state index contributed by atoms with van der Waals surface area (Å²) in [5.41, 5.74) is 2.74. The molecule has 3 aromatic rings. The van der Waals surface area contributed by atoms with Gasteiger partial charge in [-0.15, -0.1) is 11.3 Å². The summed E-state index contributed by atoms with van der Waals surface area (Å²) in [6.07, 6.45) is 6.48. The molecule has 0 spiro atoms. The number of hydrogen-bond donors (Lipinski definition) is 2. The second kappa shape index (κ2) is 12.4. The van der Waals surface area contributed by atoms with Crippen molar-refractivity contribution >= 4 is 23.2 Å². The van der Waals surface area contributed by atoms with E-state index >= 15 is 0 Å². The second-order valence-corrected chi connectivity index (χ2v) is 9.96. The zero-order chi connectivity index (χ0) is 25.3. The monoisotopic (exact) mass is 506 g/mol. The normalized spacial score (nSPS) is 14.5. The van der Waals surface area contributed by atoms with Crippen molar-refractivity contribution in [1.82, 2.24) is 15.3 Å². The van der Waals surface area contributed by atoms with Gasteiger partial charge in [-0.3, -0.25) is 4.79 Å². The van der Waals surface area contributed by atoms with Gasteiger partial charge in [0.05, 0.1) is 25.3 Å². The van der Waals surface area contributed by atoms with Gasteiger partial charge in [0.1, 0.15) is 23.4 Å². The highest BCUT2D eigenvalue weighted by molar-refractivity contribution is 7.12. The summed E-state index contributed by atoms with van der Waals surface area (Å²) < 4.78 is 11.1. The predicted octanol–water partition coefficient (Wildman–Crippen LogP) is 4.52. The maximum absolute atomic E-state index is 12.8. The molecule has 0 saturated carbocycles. The molecule has 1 atom stereocenters. The average molecular weight is 507 g/mol. The maximum atomic E-state index is 12.8. The summed E-state index contributed by atoms with van der Waals surface area (Å²) >= 11 is 1.56. The number of nitrogens with zero attached hydrogens (tertiary/aromatic N) is 2. The van der Waals surface area contributed by atoms with Gasteiger partial charge >= 0.3 is 6.09 Å². The first-order valence-electron chi connectivity index (χ1n) is 12.2. The van der Waals surface area contributed by atoms with Crippen LogP contribution >= 0.6 is 11.3 Å². The van der Waals surface area contributed by atoms with Crippen molar-refractivity contribution in [2.75, 3.05) is 13.2 Å². The predicted molar refractivity (Wildman–Crippen MR) is 136 cm³/mol. The molecule has 36 heavy (non-hydrogen) atoms. The minimum absolute atomic E-state index is 0.115. The molecule has 0 radical (unpaired) electrons. The van der Waals surface area contributed by atoms with Gasteiger partial charge in [-0.2, -0.15) is 5.26 Å². The van der Waals surface area contributed by atoms with E-state index in [0.717, 1.165) is 45.9 Å². The molecule has 2 aromatic heterocycles. The van der Waals surface area contributed by atoms with Gasteiger partial charge in [0.2, 0.25) is 0 Å². The molecule has 0 bridgehead atoms. The number of thiophene rings is 1. The maximum Gasteiger partial charge on any atom is 0.407 e. The van der Waals surface area contributed by atoms with Gasteiger partial charge in [0.15, 0.2) is 0 Å². The van der Waals surface area contributed by atoms with E-state index in [4.69, 9.17) is 9.47 Å². The van der Waals surface area contributed by atoms with Gasteiger partial charge in [-0.1, -0.05) is 18.2 Å². The Morgan fingerprint density at radius 2 is 2.19 bits per heavy atom. The lowest BCUT2D eigenvalue weighted by Gasteiger charge is -2.22. The molecular formula is C27H30N4O4S. The van der Waals surface area contributed by atoms with Crippen molar-refractivity contribution < 1.29 is 19.1 Å². The Hall–Kier alpha value is -3.64. The highest BCUT2D eigenvalue weighted by Crippen LogP contribution is 2.37. The number of fused-ring (bicyclic) bond motifs is 1. The van der Waals surface area contributed by atoms with Gasteiger partial charge in [-0.05, 0) is 55.7 Å². The van der Waals surface area contributed by atoms with Crippen molar-refractivity contribution in [3.63, 3.8) is 0 Å². The number of hydrogen-bond acceptors (Lipinski definition) is 7. The molecule has 4 rings (SSSR count). The summed E-state index contributed by atoms with van der Waals surface area (Å²) in [6.45, 7) is 3.12. The number of para-hydroxylation sites is 1. The first kappa shape index (κ1) is 25.5. The highest BCUT2D eigenvalue weighted by atomic mass is 32.1. The number of aromatic nitrogens is 2. The van der Waals surface area contributed by atoms with Crippen LogP contribution < -0.4 is 10.1 Å². The number of imidazole rings is 1. The van der Waals surface area contributed by atoms with Crippen LogP contribution in [0.2, 0.25) is 0 Å². The fraction of sp³-hybridized carbons (Fsp3) is 0.407. The summed E-state index contributed by atoms with van der Waals surface area (Å²) in [6, 6.07) is 10.1. The lowest BCUT2D eigenvalue weighted by atomic mass is 9.87. The third-order valence-electron chi connectivity index (χ3n) is 6.26. The molecule has 188 valence electrons. The largest absolute Gasteiger partial charge is 0.494 e. The topological polar surface area (TPSA) is 117 Å². The Kier molecular flexibility index (Phi) is 8.74. The number of carbonyl (C=O) groups is 2. The van der Waals surface area contributed by atoms with Crippen LogP contribution in [0.3, 0.4) is 0 Å². The van der Waals surface area contributed by atoms with Crippen molar-refractivity contribution in [3.05, 3.63) is 68.9 Å². The first-order chi connectivity index (χ1) is 17.6. The lowest BCUT2D eigenvalue weighted by molar-refractivity contribution is -0.118. The molecule has 1 aliphatic rings. The van der Waals surface area contributed by atoms with Crippen LogP contribution in [-0.2, 0) is 41.8 Å². The second-order valence-electron chi connectivity index (χ2n) is 8.77. The SMILES string of the molecule is CCOc1ccccc1CCC(=O)Cc1sc2c(c1C#N)CCC(COC(=O)NCc1ncc[nH]1)C2. The van der Waals surface area contributed by atoms with E-state index in [-0.39, 0.29) is 24.7 Å². The molecule has 0 fully saturated rings. The number of rotatable bonds is 11. The number of ether oxygens (including phenoxy) is 2. The number of aryl methyl sites for hydroxylation is 1. The molecular weight excluding hydrogens is 476 g/mol. The molecule has 1 aromatic carbocycles. The average Bonchev–Trinajstić information content (AvgIpc) is 3.53. The Labute approximate surface area is 214 Å². The van der Waals surface area contributed by atoms with Crippen LogP contribution in [0, 0.1) is 17.2 Å². The number of carbonyl (C=O) groups excluding carboxylic acids is 2. The van der Waals surface area contributed by atoms with Crippen LogP contribution in [0.1, 0.15) is 52.0 Å². The van der Waals surface area contributed by atoms with Gasteiger partial charge in [0.25, 0.3) is 0 Å². The van der Waals surface area contributed by atoms with E-state index < -0.39 is 6.09 Å². The van der Waals surface area contributed by atoms with Crippen LogP contribution in [-0.4, -0.2) is 35.1 Å². The number of aromatic amines is 1. The fourth-order valence-corrected chi connectivity index (χ4v) is 5.90. The van der Waals surface area contributed by atoms with E-state index in [0.29, 0.717) is 37.4 Å². The number of alkyl carbamates (subject to hydrolysis) is 1. The molecule has 2 N–H and O–H groups in total. The van der Waals surface area contributed by atoms with Crippen LogP contribution in [0.15, 0.2) is 36.7 Å². The van der Waals surface area contributed by atoms with Crippen LogP contribution in [0.5, 0.6) is 5.75 Å². The Morgan fingerprint density at radius 3 is 2.97 bits per heavy atom. The molecule has 1 unspecified atom stereocenters. The Bertz CT molecular complexity index is 1230. The third kappa shape index (κ3) is 6.52. The van der Waals surface area contributed by atoms with Crippen molar-refractivity contribution in [2.24, 2.45) is 5.92 Å². The summed E-state index contributed by atoms with van der Waals surface area (Å²) in [7, 11) is 0. The smallest absolute Gasteiger partial charge is 0.407 e. The third-order valence-corrected chi connectivity index (χ3v) is 7.51. The first-order valence-corrected chi connectivity index (χ1v) is 13.0. The zero-order valence-electron chi connectivity index (χ0n) is 20.3. The van der Waals surface area contributed by atoms with Crippen LogP contribution in [0.25, 0.3) is 0 Å². The van der Waals surface area contributed by atoms with E-state index in [1.54, 1.807) is 23.7 Å². The van der Waals surface area contributed by atoms with E-state index in [2.05, 4.69) is 21.4 Å². The number of H-pyrrole nitrogens is 1. The number of nitriles is 1. The molecule has 0 aliphatic heterocycles. The van der Waals surface area contributed by atoms with E-state index in [1.807, 2.05) is 31.2 Å². The van der Waals surface area contributed by atoms with E-state index in [9.17, 15) is 14.9 Å². The van der Waals surface area contributed by atoms with Gasteiger partial charge in [-0.25, -0.2) is 9.78 Å². The number of nitrogens with one attached hydrogen (secondary N) is 2. The number of Topliss-reactive ketones (excluding diaryl/α,β-unsaturated/α-hetero) is 1. The Balaban J connectivity index is 1.30. The van der Waals surface area contributed by atoms with Crippen LogP contribution in [0.4, 0.5) is 4.79 Å². The van der Waals surface area contributed by atoms with Crippen molar-refractivity contribution in [3.8, 4) is 11.8 Å². The molecule has 1 aliphatic carbocycles. The van der Waals surface area contributed by atoms with E-state index in [1.165, 1.54) is 0 Å². The number of benzene rings is 1. The number of amides is 1. The summed E-state index contributed by atoms with van der Waals surface area (Å²) in [5, 5.41) is 12.5. The number of ketones is 1. The Morgan fingerprint density at radius 1 is 1.33 bits per heavy atom. The summed E-state index contributed by atoms with van der Waals surface area (Å²) in [4.78, 5) is 33.8. The fourth-order valence-electron chi connectivity index (χ4n) is 4.45. The standard InChI is InChI=1S/C27H30N4O4S/c1-2-34-23-6-4-3-5-19(23)8-9-20(32)14-25-22(15-28)21-10-7-18(13-24(21)36-25)17-35-27(33)31-16-26-29-11-12-30-26/h3-6,11-12,18H,2,7-10,13-14,16-17H2,1H3,(H,29,30)(H,31,33). The zero-order valence-corrected chi connectivity index (χ0v) is 21.2. The highest BCUT2D eigenvalue weighted by Gasteiger charge is 2.27. The molecule has 0 saturated heterocycles. The minimum Gasteiger partial charge on any atom is -0.494 e. The molecule has 2 heterocycles. The van der Waals surface area contributed by atoms with Gasteiger partial charge in [0, 0.05) is 35.0 Å². The van der Waals surface area contributed by atoms with Crippen molar-refractivity contribution in [2.45, 2.75) is 52.0 Å². The lowest BCUT2D eigenvalue weighted by Crippen LogP contribution is -2.28. The quantitative estimate of drug-likeness (QED) is 0.395. The van der Waals surface area contributed by atoms with Crippen molar-refractivity contribution in [1.29, 1.82) is 5.26 Å². The van der Waals surface area contributed by atoms with Gasteiger partial charge < -0.3 is 19.8 Å². The summed E-state index contributed by atoms with van der Waals surface area (Å²) in [5.74, 6) is 1.79. The molecule has 8 nitrogen and oxygen atoms in total.